The second kappa shape index (κ2) is 12.8. The largest absolute Gasteiger partial charge is 0.456 e. The van der Waals surface area contributed by atoms with Crippen LogP contribution in [0.2, 0.25) is 0 Å². The lowest BCUT2D eigenvalue weighted by molar-refractivity contribution is -0.134. The van der Waals surface area contributed by atoms with E-state index in [1.165, 1.54) is 7.11 Å². The van der Waals surface area contributed by atoms with Crippen molar-refractivity contribution in [3.05, 3.63) is 96.1 Å². The summed E-state index contributed by atoms with van der Waals surface area (Å²) in [5.41, 5.74) is 4.81. The second-order valence-corrected chi connectivity index (χ2v) is 8.77. The molecule has 8 nitrogen and oxygen atoms in total. The third kappa shape index (κ3) is 7.04. The summed E-state index contributed by atoms with van der Waals surface area (Å²) in [5, 5.41) is 13.3. The van der Waals surface area contributed by atoms with Gasteiger partial charge in [-0.25, -0.2) is 5.48 Å². The molecule has 0 saturated carbocycles. The molecule has 192 valence electrons. The summed E-state index contributed by atoms with van der Waals surface area (Å²) in [6, 6.07) is 25.9. The van der Waals surface area contributed by atoms with Gasteiger partial charge in [-0.2, -0.15) is 0 Å². The van der Waals surface area contributed by atoms with Crippen molar-refractivity contribution in [1.29, 1.82) is 0 Å². The number of hydroxylamine groups is 1. The topological polar surface area (TPSA) is 110 Å². The quantitative estimate of drug-likeness (QED) is 0.113. The molecule has 4 aromatic rings. The minimum Gasteiger partial charge on any atom is -0.456 e. The molecule has 37 heavy (non-hydrogen) atoms. The molecule has 3 N–H and O–H groups in total. The molecule has 4 rings (SSSR count). The third-order valence-electron chi connectivity index (χ3n) is 6.09. The lowest BCUT2D eigenvalue weighted by Crippen LogP contribution is -2.42. The smallest absolute Gasteiger partial charge is 0.251 e. The molecule has 0 saturated heterocycles. The first-order valence-corrected chi connectivity index (χ1v) is 12.0. The number of carbonyl (C=O) groups excluding carboxylic acids is 2. The molecule has 0 fully saturated rings. The molecule has 2 atom stereocenters. The van der Waals surface area contributed by atoms with E-state index in [0.29, 0.717) is 12.0 Å². The Kier molecular flexibility index (Phi) is 9.04. The standard InChI is InChI=1S/C29H30N2O6/c1-35-19-36-18-25(16-24(29(33)31-34)15-20-7-3-2-4-8-20)30-28(32)22-13-11-21(12-14-22)27-17-23-9-5-6-10-26(23)37-27/h2-14,17,24-25,34H,15-16,18-19H2,1H3,(H,30,32)(H,31,33)/t24-,25-/m0/s1. The van der Waals surface area contributed by atoms with E-state index in [0.717, 1.165) is 27.9 Å². The first kappa shape index (κ1) is 26.1. The van der Waals surface area contributed by atoms with Gasteiger partial charge >= 0.3 is 0 Å². The highest BCUT2D eigenvalue weighted by Crippen LogP contribution is 2.28. The zero-order valence-electron chi connectivity index (χ0n) is 20.6. The average Bonchev–Trinajstić information content (AvgIpc) is 3.37. The number of fused-ring (bicyclic) bond motifs is 1. The Labute approximate surface area is 215 Å². The van der Waals surface area contributed by atoms with Crippen molar-refractivity contribution in [3.63, 3.8) is 0 Å². The Morgan fingerprint density at radius 2 is 1.70 bits per heavy atom. The lowest BCUT2D eigenvalue weighted by atomic mass is 9.92. The van der Waals surface area contributed by atoms with Crippen LogP contribution in [0.25, 0.3) is 22.3 Å². The van der Waals surface area contributed by atoms with E-state index < -0.39 is 17.9 Å². The Hall–Kier alpha value is -3.98. The van der Waals surface area contributed by atoms with E-state index >= 15 is 0 Å². The number of rotatable bonds is 12. The van der Waals surface area contributed by atoms with Crippen LogP contribution in [0.3, 0.4) is 0 Å². The van der Waals surface area contributed by atoms with Gasteiger partial charge in [-0.3, -0.25) is 14.8 Å². The van der Waals surface area contributed by atoms with Crippen LogP contribution in [0.15, 0.2) is 89.3 Å². The maximum atomic E-state index is 13.1. The molecule has 0 aliphatic heterocycles. The fourth-order valence-electron chi connectivity index (χ4n) is 4.24. The van der Waals surface area contributed by atoms with Crippen molar-refractivity contribution >= 4 is 22.8 Å². The molecule has 2 amide bonds. The van der Waals surface area contributed by atoms with Crippen molar-refractivity contribution in [2.24, 2.45) is 5.92 Å². The summed E-state index contributed by atoms with van der Waals surface area (Å²) < 4.78 is 16.4. The molecule has 0 spiro atoms. The maximum Gasteiger partial charge on any atom is 0.251 e. The van der Waals surface area contributed by atoms with E-state index in [4.69, 9.17) is 13.9 Å². The van der Waals surface area contributed by atoms with Crippen molar-refractivity contribution in [2.45, 2.75) is 18.9 Å². The summed E-state index contributed by atoms with van der Waals surface area (Å²) >= 11 is 0. The molecule has 3 aromatic carbocycles. The van der Waals surface area contributed by atoms with Crippen molar-refractivity contribution in [2.75, 3.05) is 20.5 Å². The Balaban J connectivity index is 1.46. The first-order valence-electron chi connectivity index (χ1n) is 12.0. The predicted molar refractivity (Wildman–Crippen MR) is 139 cm³/mol. The molecule has 1 aromatic heterocycles. The number of furan rings is 1. The van der Waals surface area contributed by atoms with E-state index in [-0.39, 0.29) is 25.7 Å². The van der Waals surface area contributed by atoms with Crippen LogP contribution in [0, 0.1) is 5.92 Å². The van der Waals surface area contributed by atoms with Crippen LogP contribution in [0.1, 0.15) is 22.3 Å². The highest BCUT2D eigenvalue weighted by atomic mass is 16.7. The first-order chi connectivity index (χ1) is 18.1. The molecule has 0 radical (unpaired) electrons. The number of carbonyl (C=O) groups is 2. The number of benzene rings is 3. The predicted octanol–water partition coefficient (Wildman–Crippen LogP) is 4.57. The third-order valence-corrected chi connectivity index (χ3v) is 6.09. The molecule has 0 bridgehead atoms. The Morgan fingerprint density at radius 1 is 0.973 bits per heavy atom. The minimum absolute atomic E-state index is 0.0497. The van der Waals surface area contributed by atoms with Gasteiger partial charge in [-0.15, -0.1) is 0 Å². The number of hydrogen-bond donors (Lipinski definition) is 3. The summed E-state index contributed by atoms with van der Waals surface area (Å²) in [6.45, 7) is 0.189. The zero-order chi connectivity index (χ0) is 26.0. The number of amides is 2. The molecular weight excluding hydrogens is 472 g/mol. The Bertz CT molecular complexity index is 1270. The molecule has 0 aliphatic rings. The zero-order valence-corrected chi connectivity index (χ0v) is 20.6. The van der Waals surface area contributed by atoms with Crippen LogP contribution >= 0.6 is 0 Å². The second-order valence-electron chi connectivity index (χ2n) is 8.77. The SMILES string of the molecule is COCOC[C@H](C[C@H](Cc1ccccc1)C(=O)NO)NC(=O)c1ccc(-c2cc3ccccc3o2)cc1. The van der Waals surface area contributed by atoms with Crippen molar-refractivity contribution < 1.29 is 28.7 Å². The number of ether oxygens (including phenoxy) is 2. The average molecular weight is 503 g/mol. The molecule has 0 unspecified atom stereocenters. The number of hydrogen-bond acceptors (Lipinski definition) is 6. The summed E-state index contributed by atoms with van der Waals surface area (Å²) in [5.74, 6) is -0.688. The lowest BCUT2D eigenvalue weighted by Gasteiger charge is -2.23. The van der Waals surface area contributed by atoms with E-state index in [2.05, 4.69) is 5.32 Å². The van der Waals surface area contributed by atoms with Crippen LogP contribution in [0.4, 0.5) is 0 Å². The van der Waals surface area contributed by atoms with E-state index in [9.17, 15) is 14.8 Å². The summed E-state index contributed by atoms with van der Waals surface area (Å²) in [6.07, 6.45) is 0.657. The van der Waals surface area contributed by atoms with Crippen molar-refractivity contribution in [1.82, 2.24) is 10.8 Å². The van der Waals surface area contributed by atoms with Gasteiger partial charge in [-0.05, 0) is 42.7 Å². The van der Waals surface area contributed by atoms with Gasteiger partial charge in [0.25, 0.3) is 5.91 Å². The van der Waals surface area contributed by atoms with Crippen LogP contribution in [0.5, 0.6) is 0 Å². The monoisotopic (exact) mass is 502 g/mol. The van der Waals surface area contributed by atoms with Crippen LogP contribution in [-0.2, 0) is 20.7 Å². The summed E-state index contributed by atoms with van der Waals surface area (Å²) in [7, 11) is 1.51. The van der Waals surface area contributed by atoms with E-state index in [1.54, 1.807) is 17.6 Å². The van der Waals surface area contributed by atoms with Crippen LogP contribution < -0.4 is 10.8 Å². The van der Waals surface area contributed by atoms with Gasteiger partial charge < -0.3 is 19.2 Å². The van der Waals surface area contributed by atoms with Gasteiger partial charge in [0.1, 0.15) is 18.1 Å². The number of nitrogens with one attached hydrogen (secondary N) is 2. The molecule has 0 aliphatic carbocycles. The fourth-order valence-corrected chi connectivity index (χ4v) is 4.24. The fraction of sp³-hybridized carbons (Fsp3) is 0.241. The van der Waals surface area contributed by atoms with Gasteiger partial charge in [-0.1, -0.05) is 60.7 Å². The highest BCUT2D eigenvalue weighted by Gasteiger charge is 2.25. The van der Waals surface area contributed by atoms with Gasteiger partial charge in [0, 0.05) is 29.5 Å². The Morgan fingerprint density at radius 3 is 2.41 bits per heavy atom. The minimum atomic E-state index is -0.584. The normalized spacial score (nSPS) is 12.7. The highest BCUT2D eigenvalue weighted by molar-refractivity contribution is 5.95. The number of methoxy groups -OCH3 is 1. The van der Waals surface area contributed by atoms with Crippen LogP contribution in [-0.4, -0.2) is 43.6 Å². The molecular formula is C29H30N2O6. The van der Waals surface area contributed by atoms with Gasteiger partial charge in [0.05, 0.1) is 12.6 Å². The van der Waals surface area contributed by atoms with E-state index in [1.807, 2.05) is 72.8 Å². The summed E-state index contributed by atoms with van der Waals surface area (Å²) in [4.78, 5) is 25.5. The van der Waals surface area contributed by atoms with Crippen molar-refractivity contribution in [3.8, 4) is 11.3 Å². The molecule has 1 heterocycles. The van der Waals surface area contributed by atoms with Gasteiger partial charge in [0.2, 0.25) is 5.91 Å². The maximum absolute atomic E-state index is 13.1. The molecule has 8 heteroatoms. The van der Waals surface area contributed by atoms with Gasteiger partial charge in [0.15, 0.2) is 0 Å². The number of para-hydroxylation sites is 1.